The van der Waals surface area contributed by atoms with E-state index in [-0.39, 0.29) is 28.6 Å². The van der Waals surface area contributed by atoms with Gasteiger partial charge in [-0.25, -0.2) is 4.98 Å². The third kappa shape index (κ3) is 4.35. The molecular weight excluding hydrogens is 418 g/mol. The lowest BCUT2D eigenvalue weighted by Crippen LogP contribution is -2.39. The highest BCUT2D eigenvalue weighted by Gasteiger charge is 2.42. The van der Waals surface area contributed by atoms with E-state index in [1.165, 1.54) is 13.2 Å². The van der Waals surface area contributed by atoms with E-state index in [1.54, 1.807) is 24.4 Å². The SMILES string of the molecule is COc1cc(C2C(C(=O)Nc3ccc(C)cn3)=C(C)NC3=C2C(=O)CC(C)(C)C3)ccc1O. The van der Waals surface area contributed by atoms with E-state index in [9.17, 15) is 14.7 Å². The maximum atomic E-state index is 13.5. The molecule has 0 radical (unpaired) electrons. The third-order valence-electron chi connectivity index (χ3n) is 6.17. The van der Waals surface area contributed by atoms with Gasteiger partial charge in [0.2, 0.25) is 0 Å². The highest BCUT2D eigenvalue weighted by Crippen LogP contribution is 2.47. The summed E-state index contributed by atoms with van der Waals surface area (Å²) in [6.07, 6.45) is 2.78. The molecule has 0 spiro atoms. The first-order valence-corrected chi connectivity index (χ1v) is 10.9. The van der Waals surface area contributed by atoms with Crippen molar-refractivity contribution < 1.29 is 19.4 Å². The van der Waals surface area contributed by atoms with Crippen LogP contribution in [0.15, 0.2) is 59.1 Å². The smallest absolute Gasteiger partial charge is 0.255 e. The van der Waals surface area contributed by atoms with E-state index in [1.807, 2.05) is 19.9 Å². The topological polar surface area (TPSA) is 101 Å². The zero-order valence-corrected chi connectivity index (χ0v) is 19.6. The molecule has 1 aliphatic carbocycles. The number of nitrogens with zero attached hydrogens (tertiary/aromatic N) is 1. The maximum absolute atomic E-state index is 13.5. The number of aromatic nitrogens is 1. The number of pyridine rings is 1. The number of methoxy groups -OCH3 is 1. The monoisotopic (exact) mass is 447 g/mol. The van der Waals surface area contributed by atoms with Crippen LogP contribution < -0.4 is 15.4 Å². The van der Waals surface area contributed by atoms with Crippen LogP contribution >= 0.6 is 0 Å². The van der Waals surface area contributed by atoms with Crippen LogP contribution in [0.2, 0.25) is 0 Å². The van der Waals surface area contributed by atoms with Gasteiger partial charge in [0.05, 0.1) is 7.11 Å². The van der Waals surface area contributed by atoms with E-state index in [0.717, 1.165) is 11.3 Å². The average molecular weight is 448 g/mol. The molecular formula is C26H29N3O4. The molecule has 0 fully saturated rings. The van der Waals surface area contributed by atoms with Crippen molar-refractivity contribution in [2.75, 3.05) is 12.4 Å². The van der Waals surface area contributed by atoms with Crippen molar-refractivity contribution in [3.8, 4) is 11.5 Å². The molecule has 1 atom stereocenters. The minimum absolute atomic E-state index is 0.00366. The lowest BCUT2D eigenvalue weighted by Gasteiger charge is -2.39. The number of hydrogen-bond acceptors (Lipinski definition) is 6. The Morgan fingerprint density at radius 1 is 1.21 bits per heavy atom. The minimum atomic E-state index is -0.593. The zero-order chi connectivity index (χ0) is 23.9. The molecule has 2 aliphatic rings. The van der Waals surface area contributed by atoms with Crippen LogP contribution in [-0.4, -0.2) is 28.9 Å². The summed E-state index contributed by atoms with van der Waals surface area (Å²) >= 11 is 0. The molecule has 0 saturated carbocycles. The number of anilines is 1. The van der Waals surface area contributed by atoms with Gasteiger partial charge in [0, 0.05) is 41.1 Å². The second-order valence-corrected chi connectivity index (χ2v) is 9.54. The number of phenols is 1. The van der Waals surface area contributed by atoms with Gasteiger partial charge in [-0.3, -0.25) is 9.59 Å². The summed E-state index contributed by atoms with van der Waals surface area (Å²) in [6.45, 7) is 7.91. The molecule has 4 rings (SSSR count). The largest absolute Gasteiger partial charge is 0.504 e. The zero-order valence-electron chi connectivity index (χ0n) is 19.6. The number of aryl methyl sites for hydroxylation is 1. The average Bonchev–Trinajstić information content (AvgIpc) is 2.73. The molecule has 172 valence electrons. The number of carbonyl (C=O) groups excluding carboxylic acids is 2. The van der Waals surface area contributed by atoms with Gasteiger partial charge in [-0.1, -0.05) is 26.0 Å². The Labute approximate surface area is 193 Å². The molecule has 0 bridgehead atoms. The summed E-state index contributed by atoms with van der Waals surface area (Å²) in [5.74, 6) is -0.200. The first-order chi connectivity index (χ1) is 15.6. The van der Waals surface area contributed by atoms with Gasteiger partial charge in [0.15, 0.2) is 17.3 Å². The predicted molar refractivity (Wildman–Crippen MR) is 126 cm³/mol. The van der Waals surface area contributed by atoms with E-state index in [4.69, 9.17) is 4.74 Å². The number of rotatable bonds is 4. The van der Waals surface area contributed by atoms with Gasteiger partial charge in [0.1, 0.15) is 5.82 Å². The number of aromatic hydroxyl groups is 1. The first-order valence-electron chi connectivity index (χ1n) is 10.9. The van der Waals surface area contributed by atoms with Crippen LogP contribution in [-0.2, 0) is 9.59 Å². The fraction of sp³-hybridized carbons (Fsp3) is 0.346. The molecule has 1 aromatic heterocycles. The number of amides is 1. The molecule has 1 aromatic carbocycles. The van der Waals surface area contributed by atoms with Crippen molar-refractivity contribution in [3.63, 3.8) is 0 Å². The molecule has 1 unspecified atom stereocenters. The number of phenolic OH excluding ortho intramolecular Hbond substituents is 1. The quantitative estimate of drug-likeness (QED) is 0.644. The van der Waals surface area contributed by atoms with Crippen LogP contribution in [0.3, 0.4) is 0 Å². The highest BCUT2D eigenvalue weighted by atomic mass is 16.5. The first kappa shape index (κ1) is 22.6. The van der Waals surface area contributed by atoms with Gasteiger partial charge >= 0.3 is 0 Å². The number of benzene rings is 1. The van der Waals surface area contributed by atoms with Crippen molar-refractivity contribution in [1.29, 1.82) is 0 Å². The highest BCUT2D eigenvalue weighted by molar-refractivity contribution is 6.09. The number of ether oxygens (including phenoxy) is 1. The predicted octanol–water partition coefficient (Wildman–Crippen LogP) is 4.35. The van der Waals surface area contributed by atoms with Crippen molar-refractivity contribution >= 4 is 17.5 Å². The Bertz CT molecular complexity index is 1190. The van der Waals surface area contributed by atoms with Crippen molar-refractivity contribution in [2.24, 2.45) is 5.41 Å². The molecule has 33 heavy (non-hydrogen) atoms. The van der Waals surface area contributed by atoms with Crippen LogP contribution in [0, 0.1) is 12.3 Å². The molecule has 2 aromatic rings. The fourth-order valence-corrected chi connectivity index (χ4v) is 4.67. The van der Waals surface area contributed by atoms with Crippen molar-refractivity contribution in [3.05, 3.63) is 70.2 Å². The van der Waals surface area contributed by atoms with Gasteiger partial charge in [-0.2, -0.15) is 0 Å². The maximum Gasteiger partial charge on any atom is 0.255 e. The summed E-state index contributed by atoms with van der Waals surface area (Å²) in [5, 5.41) is 16.3. The number of Topliss-reactive ketones (excluding diaryl/α,β-unsaturated/α-hetero) is 1. The van der Waals surface area contributed by atoms with Gasteiger partial charge in [0.25, 0.3) is 5.91 Å². The normalized spacial score (nSPS) is 19.7. The number of dihydropyridines is 1. The van der Waals surface area contributed by atoms with Crippen LogP contribution in [0.4, 0.5) is 5.82 Å². The minimum Gasteiger partial charge on any atom is -0.504 e. The number of nitrogens with one attached hydrogen (secondary N) is 2. The van der Waals surface area contributed by atoms with Crippen molar-refractivity contribution in [2.45, 2.75) is 46.5 Å². The lowest BCUT2D eigenvalue weighted by molar-refractivity contribution is -0.118. The van der Waals surface area contributed by atoms with Crippen LogP contribution in [0.5, 0.6) is 11.5 Å². The molecule has 7 heteroatoms. The molecule has 1 amide bonds. The van der Waals surface area contributed by atoms with Crippen molar-refractivity contribution in [1.82, 2.24) is 10.3 Å². The van der Waals surface area contributed by atoms with Gasteiger partial charge < -0.3 is 20.5 Å². The number of ketones is 1. The molecule has 2 heterocycles. The number of allylic oxidation sites excluding steroid dienone is 3. The van der Waals surface area contributed by atoms with Crippen LogP contribution in [0.1, 0.15) is 50.7 Å². The Hall–Kier alpha value is -3.61. The summed E-state index contributed by atoms with van der Waals surface area (Å²) in [4.78, 5) is 31.2. The van der Waals surface area contributed by atoms with Gasteiger partial charge in [-0.05, 0) is 55.0 Å². The van der Waals surface area contributed by atoms with Crippen LogP contribution in [0.25, 0.3) is 0 Å². The second-order valence-electron chi connectivity index (χ2n) is 9.54. The van der Waals surface area contributed by atoms with E-state index < -0.39 is 5.92 Å². The third-order valence-corrected chi connectivity index (χ3v) is 6.17. The Morgan fingerprint density at radius 2 is 1.97 bits per heavy atom. The molecule has 7 nitrogen and oxygen atoms in total. The van der Waals surface area contributed by atoms with E-state index in [2.05, 4.69) is 29.5 Å². The Kier molecular flexibility index (Phi) is 5.74. The standard InChI is InChI=1S/C26H29N3O4/c1-14-6-9-21(27-13-14)29-25(32)22-15(2)28-17-11-26(3,4)12-19(31)24(17)23(22)16-7-8-18(30)20(10-16)33-5/h6-10,13,23,28,30H,11-12H2,1-5H3,(H,27,29,32). The van der Waals surface area contributed by atoms with Gasteiger partial charge in [-0.15, -0.1) is 0 Å². The molecule has 3 N–H and O–H groups in total. The van der Waals surface area contributed by atoms with E-state index in [0.29, 0.717) is 41.1 Å². The summed E-state index contributed by atoms with van der Waals surface area (Å²) in [5.41, 5.74) is 4.07. The van der Waals surface area contributed by atoms with E-state index >= 15 is 0 Å². The summed E-state index contributed by atoms with van der Waals surface area (Å²) in [7, 11) is 1.47. The lowest BCUT2D eigenvalue weighted by atomic mass is 9.68. The number of hydrogen-bond donors (Lipinski definition) is 3. The molecule has 1 aliphatic heterocycles. The number of carbonyl (C=O) groups is 2. The summed E-state index contributed by atoms with van der Waals surface area (Å²) < 4.78 is 5.31. The Balaban J connectivity index is 1.83. The fourth-order valence-electron chi connectivity index (χ4n) is 4.67. The Morgan fingerprint density at radius 3 is 2.64 bits per heavy atom. The molecule has 0 saturated heterocycles. The summed E-state index contributed by atoms with van der Waals surface area (Å²) in [6, 6.07) is 8.57. The second kappa shape index (κ2) is 8.39.